The van der Waals surface area contributed by atoms with Crippen LogP contribution in [0, 0.1) is 5.41 Å². The third kappa shape index (κ3) is 2.31. The van der Waals surface area contributed by atoms with Crippen LogP contribution in [0.15, 0.2) is 30.5 Å². The number of rotatable bonds is 0. The van der Waals surface area contributed by atoms with Crippen LogP contribution in [-0.4, -0.2) is 10.4 Å². The zero-order chi connectivity index (χ0) is 13.6. The molecular formula is C17H25N. The van der Waals surface area contributed by atoms with Crippen molar-refractivity contribution in [3.05, 3.63) is 41.6 Å². The van der Waals surface area contributed by atoms with E-state index in [1.54, 1.807) is 0 Å². The molecular weight excluding hydrogens is 218 g/mol. The van der Waals surface area contributed by atoms with Gasteiger partial charge in [-0.05, 0) is 43.4 Å². The highest BCUT2D eigenvalue weighted by atomic mass is 15.2. The average Bonchev–Trinajstić information content (AvgIpc) is 2.24. The van der Waals surface area contributed by atoms with E-state index in [0.717, 1.165) is 0 Å². The first-order chi connectivity index (χ1) is 8.21. The molecule has 0 aromatic heterocycles. The molecule has 0 fully saturated rings. The summed E-state index contributed by atoms with van der Waals surface area (Å²) in [5.74, 6) is 0. The summed E-state index contributed by atoms with van der Waals surface area (Å²) >= 11 is 0. The van der Waals surface area contributed by atoms with E-state index in [1.807, 2.05) is 0 Å². The highest BCUT2D eigenvalue weighted by Crippen LogP contribution is 2.45. The molecule has 0 bridgehead atoms. The molecule has 2 rings (SSSR count). The lowest BCUT2D eigenvalue weighted by atomic mass is 9.77. The predicted molar refractivity (Wildman–Crippen MR) is 79.3 cm³/mol. The Kier molecular flexibility index (Phi) is 3.04. The van der Waals surface area contributed by atoms with Crippen molar-refractivity contribution in [1.29, 1.82) is 0 Å². The summed E-state index contributed by atoms with van der Waals surface area (Å²) in [6.45, 7) is 13.8. The Labute approximate surface area is 112 Å². The molecule has 1 aliphatic heterocycles. The summed E-state index contributed by atoms with van der Waals surface area (Å²) in [5.41, 5.74) is 3.16. The van der Waals surface area contributed by atoms with Gasteiger partial charge in [0.15, 0.2) is 0 Å². The van der Waals surface area contributed by atoms with E-state index in [4.69, 9.17) is 0 Å². The van der Waals surface area contributed by atoms with E-state index in [0.29, 0.717) is 6.04 Å². The highest BCUT2D eigenvalue weighted by Gasteiger charge is 2.37. The SMILES string of the molecule is CC(C)(C)C1c2ccccc2C=CN1C(C)(C)C. The molecule has 1 aliphatic rings. The zero-order valence-corrected chi connectivity index (χ0v) is 12.5. The number of fused-ring (bicyclic) bond motifs is 1. The van der Waals surface area contributed by atoms with Crippen molar-refractivity contribution in [3.63, 3.8) is 0 Å². The van der Waals surface area contributed by atoms with E-state index in [9.17, 15) is 0 Å². The van der Waals surface area contributed by atoms with Gasteiger partial charge in [-0.15, -0.1) is 0 Å². The first kappa shape index (κ1) is 13.2. The molecule has 0 spiro atoms. The minimum atomic E-state index is 0.141. The van der Waals surface area contributed by atoms with Gasteiger partial charge in [0.1, 0.15) is 0 Å². The van der Waals surface area contributed by atoms with Gasteiger partial charge in [-0.1, -0.05) is 45.0 Å². The molecule has 0 saturated heterocycles. The lowest BCUT2D eigenvalue weighted by Gasteiger charge is -2.49. The molecule has 1 unspecified atom stereocenters. The Balaban J connectivity index is 2.56. The van der Waals surface area contributed by atoms with Crippen LogP contribution < -0.4 is 0 Å². The standard InChI is InChI=1S/C17H25N/c1-16(2,3)15-14-10-8-7-9-13(14)11-12-18(15)17(4,5)6/h7-12,15H,1-6H3. The van der Waals surface area contributed by atoms with Gasteiger partial charge in [0.2, 0.25) is 0 Å². The summed E-state index contributed by atoms with van der Waals surface area (Å²) in [5, 5.41) is 0. The van der Waals surface area contributed by atoms with Gasteiger partial charge in [0.25, 0.3) is 0 Å². The van der Waals surface area contributed by atoms with Crippen molar-refractivity contribution in [1.82, 2.24) is 4.90 Å². The molecule has 1 atom stereocenters. The molecule has 0 N–H and O–H groups in total. The highest BCUT2D eigenvalue weighted by molar-refractivity contribution is 5.57. The summed E-state index contributed by atoms with van der Waals surface area (Å²) in [7, 11) is 0. The lowest BCUT2D eigenvalue weighted by Crippen LogP contribution is -2.46. The second kappa shape index (κ2) is 4.15. The molecule has 0 amide bonds. The fourth-order valence-electron chi connectivity index (χ4n) is 2.80. The third-order valence-electron chi connectivity index (χ3n) is 3.58. The van der Waals surface area contributed by atoms with E-state index in [1.165, 1.54) is 11.1 Å². The largest absolute Gasteiger partial charge is 0.365 e. The zero-order valence-electron chi connectivity index (χ0n) is 12.5. The lowest BCUT2D eigenvalue weighted by molar-refractivity contribution is 0.0672. The fraction of sp³-hybridized carbons (Fsp3) is 0.529. The Morgan fingerprint density at radius 1 is 0.944 bits per heavy atom. The molecule has 98 valence electrons. The monoisotopic (exact) mass is 243 g/mol. The van der Waals surface area contributed by atoms with E-state index >= 15 is 0 Å². The van der Waals surface area contributed by atoms with Crippen molar-refractivity contribution >= 4 is 6.08 Å². The van der Waals surface area contributed by atoms with Crippen molar-refractivity contribution in [3.8, 4) is 0 Å². The Hall–Kier alpha value is -1.24. The Morgan fingerprint density at radius 3 is 2.11 bits per heavy atom. The van der Waals surface area contributed by atoms with Crippen molar-refractivity contribution in [2.24, 2.45) is 5.41 Å². The third-order valence-corrected chi connectivity index (χ3v) is 3.58. The van der Waals surface area contributed by atoms with E-state index in [2.05, 4.69) is 83.0 Å². The number of hydrogen-bond acceptors (Lipinski definition) is 1. The van der Waals surface area contributed by atoms with Crippen LogP contribution >= 0.6 is 0 Å². The van der Waals surface area contributed by atoms with Gasteiger partial charge in [-0.2, -0.15) is 0 Å². The molecule has 0 radical (unpaired) electrons. The van der Waals surface area contributed by atoms with Gasteiger partial charge in [0, 0.05) is 11.7 Å². The van der Waals surface area contributed by atoms with Gasteiger partial charge >= 0.3 is 0 Å². The van der Waals surface area contributed by atoms with Crippen LogP contribution in [-0.2, 0) is 0 Å². The minimum absolute atomic E-state index is 0.141. The minimum Gasteiger partial charge on any atom is -0.365 e. The molecule has 1 nitrogen and oxygen atoms in total. The van der Waals surface area contributed by atoms with Gasteiger partial charge in [-0.25, -0.2) is 0 Å². The first-order valence-electron chi connectivity index (χ1n) is 6.77. The second-order valence-corrected chi connectivity index (χ2v) is 7.29. The maximum absolute atomic E-state index is 2.50. The molecule has 18 heavy (non-hydrogen) atoms. The quantitative estimate of drug-likeness (QED) is 0.629. The van der Waals surface area contributed by atoms with Gasteiger partial charge in [0.05, 0.1) is 6.04 Å². The Bertz CT molecular complexity index is 457. The number of benzene rings is 1. The molecule has 1 aromatic rings. The Morgan fingerprint density at radius 2 is 1.56 bits per heavy atom. The molecule has 0 aliphatic carbocycles. The van der Waals surface area contributed by atoms with E-state index in [-0.39, 0.29) is 11.0 Å². The summed E-state index contributed by atoms with van der Waals surface area (Å²) in [6.07, 6.45) is 4.50. The number of hydrogen-bond donors (Lipinski definition) is 0. The molecule has 1 aromatic carbocycles. The van der Waals surface area contributed by atoms with Crippen LogP contribution in [0.3, 0.4) is 0 Å². The topological polar surface area (TPSA) is 3.24 Å². The molecule has 1 heterocycles. The summed E-state index contributed by atoms with van der Waals surface area (Å²) in [6, 6.07) is 9.18. The van der Waals surface area contributed by atoms with Crippen molar-refractivity contribution < 1.29 is 0 Å². The fourth-order valence-corrected chi connectivity index (χ4v) is 2.80. The maximum Gasteiger partial charge on any atom is 0.0596 e. The van der Waals surface area contributed by atoms with Gasteiger partial charge < -0.3 is 4.90 Å². The summed E-state index contributed by atoms with van der Waals surface area (Å²) < 4.78 is 0. The maximum atomic E-state index is 2.50. The van der Waals surface area contributed by atoms with Crippen molar-refractivity contribution in [2.45, 2.75) is 53.1 Å². The van der Waals surface area contributed by atoms with Gasteiger partial charge in [-0.3, -0.25) is 0 Å². The van der Waals surface area contributed by atoms with E-state index < -0.39 is 0 Å². The van der Waals surface area contributed by atoms with Crippen LogP contribution in [0.1, 0.15) is 58.7 Å². The second-order valence-electron chi connectivity index (χ2n) is 7.29. The average molecular weight is 243 g/mol. The predicted octanol–water partition coefficient (Wildman–Crippen LogP) is 4.86. The van der Waals surface area contributed by atoms with Crippen LogP contribution in [0.5, 0.6) is 0 Å². The smallest absolute Gasteiger partial charge is 0.0596 e. The normalized spacial score (nSPS) is 19.9. The first-order valence-corrected chi connectivity index (χ1v) is 6.77. The molecule has 0 saturated carbocycles. The summed E-state index contributed by atoms with van der Waals surface area (Å²) in [4.78, 5) is 2.50. The van der Waals surface area contributed by atoms with Crippen LogP contribution in [0.25, 0.3) is 6.08 Å². The number of nitrogens with zero attached hydrogens (tertiary/aromatic N) is 1. The molecule has 1 heteroatoms. The van der Waals surface area contributed by atoms with Crippen LogP contribution in [0.2, 0.25) is 0 Å². The van der Waals surface area contributed by atoms with Crippen molar-refractivity contribution in [2.75, 3.05) is 0 Å². The van der Waals surface area contributed by atoms with Crippen LogP contribution in [0.4, 0.5) is 0 Å².